The topological polar surface area (TPSA) is 68.5 Å². The molecule has 2 heterocycles. The predicted octanol–water partition coefficient (Wildman–Crippen LogP) is 1.27. The molecule has 0 saturated heterocycles. The van der Waals surface area contributed by atoms with Crippen LogP contribution in [0.2, 0.25) is 0 Å². The Morgan fingerprint density at radius 1 is 1.45 bits per heavy atom. The number of pyridine rings is 1. The maximum atomic E-state index is 12.2. The summed E-state index contributed by atoms with van der Waals surface area (Å²) >= 11 is 0. The Kier molecular flexibility index (Phi) is 4.22. The summed E-state index contributed by atoms with van der Waals surface area (Å²) in [5.41, 5.74) is 1.18. The molecule has 0 aliphatic carbocycles. The van der Waals surface area contributed by atoms with Gasteiger partial charge in [-0.25, -0.2) is 4.79 Å². The number of carbonyl (C=O) groups is 1. The molecule has 0 unspecified atom stereocenters. The van der Waals surface area contributed by atoms with Gasteiger partial charge in [0.15, 0.2) is 0 Å². The van der Waals surface area contributed by atoms with Gasteiger partial charge in [0, 0.05) is 48.7 Å². The Hall–Kier alpha value is -1.30. The molecule has 99 valence electrons. The third kappa shape index (κ3) is 2.26. The van der Waals surface area contributed by atoms with E-state index in [1.54, 1.807) is 10.6 Å². The Bertz CT molecular complexity index is 751. The second-order valence-corrected chi connectivity index (χ2v) is 4.54. The van der Waals surface area contributed by atoms with Crippen LogP contribution in [-0.2, 0) is 13.0 Å². The van der Waals surface area contributed by atoms with Gasteiger partial charge in [-0.05, 0) is 24.6 Å². The van der Waals surface area contributed by atoms with Crippen LogP contribution in [0.15, 0.2) is 23.1 Å². The summed E-state index contributed by atoms with van der Waals surface area (Å²) < 4.78 is 7.23. The van der Waals surface area contributed by atoms with Crippen molar-refractivity contribution in [3.63, 3.8) is 0 Å². The van der Waals surface area contributed by atoms with Crippen LogP contribution in [-0.4, -0.2) is 51.8 Å². The first-order chi connectivity index (χ1) is 9.11. The van der Waals surface area contributed by atoms with Gasteiger partial charge in [0.05, 0.1) is 17.5 Å². The molecule has 1 N–H and O–H groups in total. The third-order valence-corrected chi connectivity index (χ3v) is 3.46. The Balaban J connectivity index is 0.00000147. The molecule has 2 aromatic rings. The molecule has 20 heavy (non-hydrogen) atoms. The number of hydrogen-bond acceptors (Lipinski definition) is 3. The summed E-state index contributed by atoms with van der Waals surface area (Å²) in [4.78, 5) is 23.3. The van der Waals surface area contributed by atoms with E-state index in [-0.39, 0.29) is 35.1 Å². The molecule has 1 aliphatic rings. The number of aryl methyl sites for hydroxylation is 1. The minimum absolute atomic E-state index is 0. The molecule has 0 amide bonds. The van der Waals surface area contributed by atoms with Crippen LogP contribution < -0.4 is 10.2 Å². The van der Waals surface area contributed by atoms with Crippen molar-refractivity contribution in [2.75, 3.05) is 6.61 Å². The van der Waals surface area contributed by atoms with Crippen molar-refractivity contribution < 1.29 is 14.6 Å². The zero-order valence-electron chi connectivity index (χ0n) is 11.5. The standard InChI is InChI=1S/C14H13NO4.Na/c1-2-15-7-10(14(17)18)13(16)9-6-12-8(3-4-19-12)5-11(9)15;/h5-7H,2-4H2,1H3,(H,17,18);. The molecular formula is C14H13NNaO4. The van der Waals surface area contributed by atoms with Crippen molar-refractivity contribution in [3.05, 3.63) is 39.7 Å². The first kappa shape index (κ1) is 15.1. The van der Waals surface area contributed by atoms with Gasteiger partial charge >= 0.3 is 5.97 Å². The van der Waals surface area contributed by atoms with E-state index >= 15 is 0 Å². The van der Waals surface area contributed by atoms with Gasteiger partial charge in [0.2, 0.25) is 5.43 Å². The van der Waals surface area contributed by atoms with Gasteiger partial charge in [-0.1, -0.05) is 0 Å². The van der Waals surface area contributed by atoms with Crippen LogP contribution >= 0.6 is 0 Å². The monoisotopic (exact) mass is 282 g/mol. The number of benzene rings is 1. The van der Waals surface area contributed by atoms with E-state index in [4.69, 9.17) is 9.84 Å². The quantitative estimate of drug-likeness (QED) is 0.842. The zero-order chi connectivity index (χ0) is 13.6. The molecule has 6 heteroatoms. The van der Waals surface area contributed by atoms with E-state index in [2.05, 4.69) is 0 Å². The van der Waals surface area contributed by atoms with E-state index in [0.29, 0.717) is 24.3 Å². The maximum Gasteiger partial charge on any atom is 0.341 e. The van der Waals surface area contributed by atoms with Crippen LogP contribution in [0.3, 0.4) is 0 Å². The van der Waals surface area contributed by atoms with Gasteiger partial charge in [0.25, 0.3) is 0 Å². The van der Waals surface area contributed by atoms with E-state index in [9.17, 15) is 9.59 Å². The van der Waals surface area contributed by atoms with E-state index in [1.165, 1.54) is 6.20 Å². The van der Waals surface area contributed by atoms with Crippen LogP contribution in [0.25, 0.3) is 10.9 Å². The molecule has 5 nitrogen and oxygen atoms in total. The minimum atomic E-state index is -1.20. The third-order valence-electron chi connectivity index (χ3n) is 3.46. The second-order valence-electron chi connectivity index (χ2n) is 4.54. The fourth-order valence-electron chi connectivity index (χ4n) is 2.47. The molecule has 1 radical (unpaired) electrons. The molecule has 0 atom stereocenters. The average molecular weight is 282 g/mol. The summed E-state index contributed by atoms with van der Waals surface area (Å²) in [5, 5.41) is 9.50. The Morgan fingerprint density at radius 2 is 2.20 bits per heavy atom. The molecular weight excluding hydrogens is 269 g/mol. The normalized spacial score (nSPS) is 12.7. The molecule has 3 rings (SSSR count). The van der Waals surface area contributed by atoms with Crippen molar-refractivity contribution in [2.24, 2.45) is 0 Å². The molecule has 1 aliphatic heterocycles. The first-order valence-electron chi connectivity index (χ1n) is 6.18. The van der Waals surface area contributed by atoms with Crippen molar-refractivity contribution in [3.8, 4) is 5.75 Å². The summed E-state index contributed by atoms with van der Waals surface area (Å²) in [6.07, 6.45) is 2.24. The number of nitrogens with zero attached hydrogens (tertiary/aromatic N) is 1. The number of aromatic nitrogens is 1. The molecule has 1 aromatic carbocycles. The van der Waals surface area contributed by atoms with Crippen molar-refractivity contribution >= 4 is 46.4 Å². The molecule has 1 aromatic heterocycles. The number of rotatable bonds is 2. The Morgan fingerprint density at radius 3 is 2.85 bits per heavy atom. The zero-order valence-corrected chi connectivity index (χ0v) is 13.5. The SMILES string of the molecule is CCn1cc(C(=O)O)c(=O)c2cc3c(cc21)CCO3.[Na]. The van der Waals surface area contributed by atoms with Gasteiger partial charge in [-0.3, -0.25) is 4.79 Å². The molecule has 0 fully saturated rings. The van der Waals surface area contributed by atoms with E-state index in [0.717, 1.165) is 17.5 Å². The average Bonchev–Trinajstić information content (AvgIpc) is 2.84. The van der Waals surface area contributed by atoms with Crippen LogP contribution in [0, 0.1) is 0 Å². The summed E-state index contributed by atoms with van der Waals surface area (Å²) in [6, 6.07) is 3.59. The molecule has 0 spiro atoms. The fourth-order valence-corrected chi connectivity index (χ4v) is 2.47. The maximum absolute atomic E-state index is 12.2. The van der Waals surface area contributed by atoms with Crippen molar-refractivity contribution in [1.29, 1.82) is 0 Å². The number of hydrogen-bond donors (Lipinski definition) is 1. The van der Waals surface area contributed by atoms with E-state index < -0.39 is 11.4 Å². The first-order valence-corrected chi connectivity index (χ1v) is 6.18. The predicted molar refractivity (Wildman–Crippen MR) is 75.8 cm³/mol. The molecule has 0 saturated carbocycles. The summed E-state index contributed by atoms with van der Waals surface area (Å²) in [7, 11) is 0. The van der Waals surface area contributed by atoms with Gasteiger partial charge in [0.1, 0.15) is 11.3 Å². The number of fused-ring (bicyclic) bond motifs is 2. The van der Waals surface area contributed by atoms with Crippen molar-refractivity contribution in [1.82, 2.24) is 4.57 Å². The van der Waals surface area contributed by atoms with Crippen LogP contribution in [0.1, 0.15) is 22.8 Å². The fraction of sp³-hybridized carbons (Fsp3) is 0.286. The summed E-state index contributed by atoms with van der Waals surface area (Å²) in [5.74, 6) is -0.509. The number of carboxylic acids is 1. The summed E-state index contributed by atoms with van der Waals surface area (Å²) in [6.45, 7) is 3.13. The second kappa shape index (κ2) is 5.60. The van der Waals surface area contributed by atoms with E-state index in [1.807, 2.05) is 13.0 Å². The van der Waals surface area contributed by atoms with Crippen molar-refractivity contribution in [2.45, 2.75) is 19.9 Å². The van der Waals surface area contributed by atoms with Crippen LogP contribution in [0.5, 0.6) is 5.75 Å². The smallest absolute Gasteiger partial charge is 0.341 e. The number of carboxylic acid groups (broad SMARTS) is 1. The minimum Gasteiger partial charge on any atom is -0.493 e. The Labute approximate surface area is 137 Å². The van der Waals surface area contributed by atoms with Gasteiger partial charge in [-0.15, -0.1) is 0 Å². The van der Waals surface area contributed by atoms with Gasteiger partial charge < -0.3 is 14.4 Å². The molecule has 0 bridgehead atoms. The number of ether oxygens (including phenoxy) is 1. The largest absolute Gasteiger partial charge is 0.493 e. The van der Waals surface area contributed by atoms with Gasteiger partial charge in [-0.2, -0.15) is 0 Å². The van der Waals surface area contributed by atoms with Crippen LogP contribution in [0.4, 0.5) is 0 Å². The number of aromatic carboxylic acids is 1.